The van der Waals surface area contributed by atoms with Crippen LogP contribution in [0.15, 0.2) is 0 Å². The summed E-state index contributed by atoms with van der Waals surface area (Å²) in [7, 11) is 0. The van der Waals surface area contributed by atoms with E-state index in [9.17, 15) is 61.3 Å². The Morgan fingerprint density at radius 3 is 0.571 bits per heavy atom. The fraction of sp³-hybridized carbons (Fsp3) is 1.00. The van der Waals surface area contributed by atoms with Crippen LogP contribution in [0.5, 0.6) is 0 Å². The Bertz CT molecular complexity index is 811. The highest BCUT2D eigenvalue weighted by atomic mass is 16.5. The molecule has 0 saturated carbocycles. The van der Waals surface area contributed by atoms with Crippen molar-refractivity contribution in [1.29, 1.82) is 0 Å². The minimum Gasteiger partial charge on any atom is -0.394 e. The van der Waals surface area contributed by atoms with Crippen LogP contribution in [0.25, 0.3) is 0 Å². The molecule has 0 aliphatic rings. The molecule has 0 aromatic rings. The smallest absolute Gasteiger partial charge is 0.0776 e. The van der Waals surface area contributed by atoms with Crippen LogP contribution in [0.2, 0.25) is 0 Å². The van der Waals surface area contributed by atoms with E-state index in [1.165, 1.54) is 116 Å². The number of unbranched alkanes of at least 4 members (excludes halogenated alkanes) is 24. The van der Waals surface area contributed by atoms with E-state index in [1.807, 2.05) is 0 Å². The molecule has 0 rings (SSSR count). The molecule has 0 fully saturated rings. The lowest BCUT2D eigenvalue weighted by Crippen LogP contribution is -2.37. The van der Waals surface area contributed by atoms with Gasteiger partial charge in [0.1, 0.15) is 0 Å². The first-order chi connectivity index (χ1) is 30.4. The maximum Gasteiger partial charge on any atom is 0.0776 e. The van der Waals surface area contributed by atoms with Crippen molar-refractivity contribution in [3.8, 4) is 0 Å². The Morgan fingerprint density at radius 2 is 0.397 bits per heavy atom. The van der Waals surface area contributed by atoms with Gasteiger partial charge in [0.2, 0.25) is 0 Å². The van der Waals surface area contributed by atoms with Gasteiger partial charge in [-0.15, -0.1) is 0 Å². The van der Waals surface area contributed by atoms with Crippen molar-refractivity contribution in [2.45, 2.75) is 255 Å². The average Bonchev–Trinajstić information content (AvgIpc) is 3.27. The third-order valence-corrected chi connectivity index (χ3v) is 13.3. The molecule has 6 atom stereocenters. The van der Waals surface area contributed by atoms with Crippen LogP contribution < -0.4 is 0 Å². The van der Waals surface area contributed by atoms with E-state index >= 15 is 0 Å². The second kappa shape index (κ2) is 42.8. The normalized spacial score (nSPS) is 17.0. The first-order valence-electron chi connectivity index (χ1n) is 25.8. The molecule has 0 bridgehead atoms. The van der Waals surface area contributed by atoms with Crippen molar-refractivity contribution < 1.29 is 66.0 Å². The van der Waals surface area contributed by atoms with Crippen molar-refractivity contribution in [3.05, 3.63) is 0 Å². The van der Waals surface area contributed by atoms with Crippen LogP contribution in [0.3, 0.4) is 0 Å². The maximum absolute atomic E-state index is 10.2. The molecular weight excluding hydrogens is 809 g/mol. The van der Waals surface area contributed by atoms with Gasteiger partial charge in [-0.05, 0) is 75.0 Å². The van der Waals surface area contributed by atoms with Crippen LogP contribution in [-0.4, -0.2) is 151 Å². The van der Waals surface area contributed by atoms with Crippen LogP contribution in [0.4, 0.5) is 0 Å². The number of hydrogen-bond acceptors (Lipinski definition) is 13. The lowest BCUT2D eigenvalue weighted by molar-refractivity contribution is -0.0324. The topological polar surface area (TPSA) is 252 Å². The summed E-state index contributed by atoms with van der Waals surface area (Å²) in [6.45, 7) is -0.677. The van der Waals surface area contributed by atoms with Crippen LogP contribution in [0.1, 0.15) is 218 Å². The summed E-state index contributed by atoms with van der Waals surface area (Å²) in [4.78, 5) is 0. The molecule has 0 spiro atoms. The summed E-state index contributed by atoms with van der Waals surface area (Å²) in [6, 6.07) is 0. The first kappa shape index (κ1) is 62.5. The first-order valence-corrected chi connectivity index (χ1v) is 25.8. The van der Waals surface area contributed by atoms with Gasteiger partial charge in [-0.2, -0.15) is 0 Å². The van der Waals surface area contributed by atoms with Gasteiger partial charge in [-0.1, -0.05) is 154 Å². The molecule has 0 heterocycles. The SMILES string of the molecule is OCC(O)CC(CCCCCCCCCCCCCCCOCCCCCCCCCCCCCCCC(CC(O)CO)(CC(O)CO)CC(O)CO)(CC(O)CO)CC(O)CO. The molecule has 0 aromatic carbocycles. The monoisotopic (exact) mass is 911 g/mol. The zero-order valence-corrected chi connectivity index (χ0v) is 39.9. The molecule has 0 saturated heterocycles. The highest BCUT2D eigenvalue weighted by molar-refractivity contribution is 4.88. The number of rotatable bonds is 50. The van der Waals surface area contributed by atoms with Gasteiger partial charge in [0, 0.05) is 13.2 Å². The molecule has 13 nitrogen and oxygen atoms in total. The molecule has 63 heavy (non-hydrogen) atoms. The van der Waals surface area contributed by atoms with E-state index in [0.29, 0.717) is 12.8 Å². The zero-order valence-electron chi connectivity index (χ0n) is 39.9. The second-order valence-electron chi connectivity index (χ2n) is 19.5. The molecule has 0 radical (unpaired) electrons. The molecule has 0 aliphatic carbocycles. The lowest BCUT2D eigenvalue weighted by Gasteiger charge is -2.38. The van der Waals surface area contributed by atoms with Gasteiger partial charge < -0.3 is 66.0 Å². The van der Waals surface area contributed by atoms with Gasteiger partial charge in [-0.25, -0.2) is 0 Å². The Morgan fingerprint density at radius 1 is 0.238 bits per heavy atom. The third kappa shape index (κ3) is 36.2. The summed E-state index contributed by atoms with van der Waals surface area (Å²) in [5.74, 6) is 0. The summed E-state index contributed by atoms with van der Waals surface area (Å²) in [6.07, 6.45) is 27.6. The van der Waals surface area contributed by atoms with Gasteiger partial charge in [0.05, 0.1) is 76.3 Å². The Balaban J connectivity index is 3.73. The van der Waals surface area contributed by atoms with Gasteiger partial charge in [0.25, 0.3) is 0 Å². The number of aliphatic hydroxyl groups is 12. The highest BCUT2D eigenvalue weighted by Gasteiger charge is 2.37. The van der Waals surface area contributed by atoms with Gasteiger partial charge >= 0.3 is 0 Å². The zero-order chi connectivity index (χ0) is 46.9. The van der Waals surface area contributed by atoms with E-state index in [2.05, 4.69) is 0 Å². The number of hydrogen-bond donors (Lipinski definition) is 12. The third-order valence-electron chi connectivity index (χ3n) is 13.3. The lowest BCUT2D eigenvalue weighted by atomic mass is 9.70. The van der Waals surface area contributed by atoms with Crippen molar-refractivity contribution in [3.63, 3.8) is 0 Å². The molecule has 0 amide bonds. The van der Waals surface area contributed by atoms with E-state index in [4.69, 9.17) is 4.74 Å². The molecule has 0 aliphatic heterocycles. The quantitative estimate of drug-likeness (QED) is 0.0298. The molecule has 0 aromatic heterocycles. The standard InChI is InChI=1S/C50H102O13/c51-37-43(57)31-49(32-44(58)38-52,33-45(59)39-53)27-23-19-15-11-7-3-1-5-9-13-17-21-25-29-63-30-26-22-18-14-10-6-2-4-8-12-16-20-24-28-50(34-46(60)40-54,35-47(61)41-55)36-48(62)42-56/h43-48,51-62H,1-42H2. The summed E-state index contributed by atoms with van der Waals surface area (Å²) in [5.41, 5.74) is -1.31. The second-order valence-corrected chi connectivity index (χ2v) is 19.5. The minimum absolute atomic E-state index is 0.209. The van der Waals surface area contributed by atoms with Crippen LogP contribution in [0, 0.1) is 10.8 Å². The maximum atomic E-state index is 10.2. The van der Waals surface area contributed by atoms with Crippen molar-refractivity contribution in [2.24, 2.45) is 10.8 Å². The van der Waals surface area contributed by atoms with Crippen molar-refractivity contribution in [1.82, 2.24) is 0 Å². The Kier molecular flexibility index (Phi) is 42.5. The Hall–Kier alpha value is -0.520. The highest BCUT2D eigenvalue weighted by Crippen LogP contribution is 2.42. The van der Waals surface area contributed by atoms with E-state index in [0.717, 1.165) is 64.6 Å². The summed E-state index contributed by atoms with van der Waals surface area (Å²) >= 11 is 0. The van der Waals surface area contributed by atoms with Crippen molar-refractivity contribution in [2.75, 3.05) is 52.9 Å². The molecule has 12 N–H and O–H groups in total. The molecule has 6 unspecified atom stereocenters. The molecule has 13 heteroatoms. The van der Waals surface area contributed by atoms with E-state index in [1.54, 1.807) is 0 Å². The minimum atomic E-state index is -0.973. The van der Waals surface area contributed by atoms with Crippen molar-refractivity contribution >= 4 is 0 Å². The van der Waals surface area contributed by atoms with Gasteiger partial charge in [-0.3, -0.25) is 0 Å². The fourth-order valence-corrected chi connectivity index (χ4v) is 9.90. The number of aliphatic hydroxyl groups excluding tert-OH is 12. The van der Waals surface area contributed by atoms with Crippen LogP contribution >= 0.6 is 0 Å². The predicted octanol–water partition coefficient (Wildman–Crippen LogP) is 6.36. The largest absolute Gasteiger partial charge is 0.394 e. The average molecular weight is 911 g/mol. The molecule has 380 valence electrons. The summed E-state index contributed by atoms with van der Waals surface area (Å²) < 4.78 is 5.88. The fourth-order valence-electron chi connectivity index (χ4n) is 9.90. The van der Waals surface area contributed by atoms with E-state index < -0.39 is 87.1 Å². The number of ether oxygens (including phenoxy) is 1. The predicted molar refractivity (Wildman–Crippen MR) is 251 cm³/mol. The Labute approximate surface area is 383 Å². The summed E-state index contributed by atoms with van der Waals surface area (Å²) in [5, 5.41) is 117. The van der Waals surface area contributed by atoms with E-state index in [-0.39, 0.29) is 38.5 Å². The molecular formula is C50H102O13. The van der Waals surface area contributed by atoms with Gasteiger partial charge in [0.15, 0.2) is 0 Å². The van der Waals surface area contributed by atoms with Crippen LogP contribution in [-0.2, 0) is 4.74 Å².